The highest BCUT2D eigenvalue weighted by Gasteiger charge is 2.31. The van der Waals surface area contributed by atoms with Crippen molar-refractivity contribution in [1.82, 2.24) is 14.4 Å². The molecule has 2 atom stereocenters. The number of carbonyl (C=O) groups excluding carboxylic acids is 2. The van der Waals surface area contributed by atoms with Crippen LogP contribution in [-0.2, 0) is 30.7 Å². The molecule has 0 saturated carbocycles. The molecule has 0 unspecified atom stereocenters. The molecule has 3 rings (SSSR count). The molecule has 1 aliphatic heterocycles. The monoisotopic (exact) mass is 477 g/mol. The smallest absolute Gasteiger partial charge is 0.242 e. The number of hydrogen-bond acceptors (Lipinski definition) is 5. The minimum absolute atomic E-state index is 0.0263. The van der Waals surface area contributed by atoms with Gasteiger partial charge in [-0.05, 0) is 47.6 Å². The van der Waals surface area contributed by atoms with E-state index in [-0.39, 0.29) is 41.6 Å². The minimum Gasteiger partial charge on any atom is -0.372 e. The maximum atomic E-state index is 13.3. The third-order valence-electron chi connectivity index (χ3n) is 5.88. The lowest BCUT2D eigenvalue weighted by molar-refractivity contribution is -0.140. The van der Waals surface area contributed by atoms with Crippen molar-refractivity contribution in [3.63, 3.8) is 0 Å². The summed E-state index contributed by atoms with van der Waals surface area (Å²) in [5.74, 6) is -1.13. The van der Waals surface area contributed by atoms with E-state index in [0.717, 1.165) is 0 Å². The maximum Gasteiger partial charge on any atom is 0.242 e. The van der Waals surface area contributed by atoms with Crippen molar-refractivity contribution in [2.24, 2.45) is 0 Å². The van der Waals surface area contributed by atoms with Gasteiger partial charge in [0.2, 0.25) is 11.8 Å². The van der Waals surface area contributed by atoms with Crippen LogP contribution in [0.3, 0.4) is 0 Å². The number of nitrogens with zero attached hydrogens (tertiary/aromatic N) is 3. The lowest BCUT2D eigenvalue weighted by atomic mass is 10.2. The van der Waals surface area contributed by atoms with Gasteiger partial charge in [0.1, 0.15) is 12.3 Å². The second-order valence-electron chi connectivity index (χ2n) is 9.44. The zero-order valence-electron chi connectivity index (χ0n) is 20.3. The number of ether oxygens (including phenoxy) is 1. The van der Waals surface area contributed by atoms with Gasteiger partial charge in [-0.25, -0.2) is 8.42 Å². The molecule has 1 aromatic carbocycles. The molecule has 0 radical (unpaired) electrons. The van der Waals surface area contributed by atoms with Crippen LogP contribution >= 0.6 is 0 Å². The summed E-state index contributed by atoms with van der Waals surface area (Å²) in [5, 5.41) is 0.516. The van der Waals surface area contributed by atoms with Gasteiger partial charge < -0.3 is 19.1 Å². The maximum absolute atomic E-state index is 13.3. The number of amides is 2. The normalized spacial score (nSPS) is 19.5. The summed E-state index contributed by atoms with van der Waals surface area (Å²) in [6.45, 7) is 12.3. The third-order valence-corrected chi connectivity index (χ3v) is 7.50. The third kappa shape index (κ3) is 5.58. The summed E-state index contributed by atoms with van der Waals surface area (Å²) in [4.78, 5) is 29.3. The van der Waals surface area contributed by atoms with E-state index in [1.165, 1.54) is 6.20 Å². The van der Waals surface area contributed by atoms with E-state index in [2.05, 4.69) is 0 Å². The Hall–Kier alpha value is -2.39. The molecule has 1 fully saturated rings. The van der Waals surface area contributed by atoms with Crippen LogP contribution in [-0.4, -0.2) is 77.7 Å². The Bertz CT molecular complexity index is 1100. The molecule has 33 heavy (non-hydrogen) atoms. The van der Waals surface area contributed by atoms with Crippen LogP contribution in [0.2, 0.25) is 0 Å². The van der Waals surface area contributed by atoms with Crippen molar-refractivity contribution in [3.8, 4) is 0 Å². The summed E-state index contributed by atoms with van der Waals surface area (Å²) in [6.07, 6.45) is 1.21. The summed E-state index contributed by atoms with van der Waals surface area (Å²) in [6, 6.07) is 7.13. The number of hydrogen-bond donors (Lipinski definition) is 0. The van der Waals surface area contributed by atoms with E-state index in [9.17, 15) is 18.0 Å². The van der Waals surface area contributed by atoms with Crippen molar-refractivity contribution in [2.75, 3.05) is 18.8 Å². The number of fused-ring (bicyclic) bond motifs is 1. The molecular formula is C24H35N3O5S. The number of para-hydroxylation sites is 1. The fraction of sp³-hybridized carbons (Fsp3) is 0.583. The van der Waals surface area contributed by atoms with Gasteiger partial charge in [-0.1, -0.05) is 18.2 Å². The Morgan fingerprint density at radius 1 is 1.06 bits per heavy atom. The molecule has 0 N–H and O–H groups in total. The number of benzene rings is 1. The van der Waals surface area contributed by atoms with E-state index < -0.39 is 21.5 Å². The zero-order chi connectivity index (χ0) is 24.5. The lowest BCUT2D eigenvalue weighted by Gasteiger charge is -2.35. The van der Waals surface area contributed by atoms with Crippen LogP contribution in [0.4, 0.5) is 0 Å². The van der Waals surface area contributed by atoms with Gasteiger partial charge >= 0.3 is 0 Å². The van der Waals surface area contributed by atoms with Crippen LogP contribution < -0.4 is 0 Å². The Kier molecular flexibility index (Phi) is 7.53. The second kappa shape index (κ2) is 9.85. The number of sulfone groups is 1. The first-order chi connectivity index (χ1) is 15.4. The van der Waals surface area contributed by atoms with E-state index >= 15 is 0 Å². The average molecular weight is 478 g/mol. The van der Waals surface area contributed by atoms with Crippen molar-refractivity contribution in [2.45, 2.75) is 77.3 Å². The first-order valence-electron chi connectivity index (χ1n) is 11.5. The van der Waals surface area contributed by atoms with Crippen molar-refractivity contribution >= 4 is 32.6 Å². The molecule has 0 bridgehead atoms. The molecule has 1 aromatic heterocycles. The van der Waals surface area contributed by atoms with Crippen LogP contribution in [0.15, 0.2) is 35.4 Å². The van der Waals surface area contributed by atoms with Crippen LogP contribution in [0, 0.1) is 0 Å². The van der Waals surface area contributed by atoms with E-state index in [1.54, 1.807) is 32.6 Å². The molecule has 2 heterocycles. The van der Waals surface area contributed by atoms with Crippen LogP contribution in [0.5, 0.6) is 0 Å². The molecule has 2 aromatic rings. The zero-order valence-corrected chi connectivity index (χ0v) is 21.1. The van der Waals surface area contributed by atoms with Crippen LogP contribution in [0.1, 0.15) is 41.5 Å². The lowest BCUT2D eigenvalue weighted by Crippen LogP contribution is -2.49. The second-order valence-corrected chi connectivity index (χ2v) is 11.4. The number of carbonyl (C=O) groups is 2. The highest BCUT2D eigenvalue weighted by atomic mass is 32.2. The van der Waals surface area contributed by atoms with Crippen molar-refractivity contribution in [1.29, 1.82) is 0 Å². The van der Waals surface area contributed by atoms with E-state index in [0.29, 0.717) is 24.0 Å². The predicted octanol–water partition coefficient (Wildman–Crippen LogP) is 2.70. The molecule has 1 saturated heterocycles. The highest BCUT2D eigenvalue weighted by molar-refractivity contribution is 7.92. The predicted molar refractivity (Wildman–Crippen MR) is 128 cm³/mol. The summed E-state index contributed by atoms with van der Waals surface area (Å²) in [5.41, 5.74) is 0.651. The van der Waals surface area contributed by atoms with Gasteiger partial charge in [0.25, 0.3) is 0 Å². The SMILES string of the molecule is CC(C)N(C(=O)Cn1cc(S(=O)(=O)CC(=O)N2C[C@@H](C)O[C@H](C)C2)c2ccccc21)C(C)C. The molecule has 0 aliphatic carbocycles. The van der Waals surface area contributed by atoms with Gasteiger partial charge in [0, 0.05) is 42.3 Å². The Balaban J connectivity index is 1.90. The Labute approximate surface area is 196 Å². The first-order valence-corrected chi connectivity index (χ1v) is 13.1. The standard InChI is InChI=1S/C24H35N3O5S/c1-16(2)27(17(3)4)23(28)14-25-13-22(20-9-7-8-10-21(20)25)33(30,31)15-24(29)26-11-18(5)32-19(6)12-26/h7-10,13,16-19H,11-12,14-15H2,1-6H3/t18-,19-/m1/s1. The topological polar surface area (TPSA) is 88.9 Å². The number of aromatic nitrogens is 1. The molecule has 8 nitrogen and oxygen atoms in total. The summed E-state index contributed by atoms with van der Waals surface area (Å²) >= 11 is 0. The Morgan fingerprint density at radius 2 is 1.64 bits per heavy atom. The molecule has 9 heteroatoms. The van der Waals surface area contributed by atoms with Gasteiger partial charge in [0.05, 0.1) is 17.1 Å². The number of morpholine rings is 1. The highest BCUT2D eigenvalue weighted by Crippen LogP contribution is 2.27. The summed E-state index contributed by atoms with van der Waals surface area (Å²) < 4.78 is 34.0. The van der Waals surface area contributed by atoms with Gasteiger partial charge in [-0.3, -0.25) is 9.59 Å². The Morgan fingerprint density at radius 3 is 2.21 bits per heavy atom. The van der Waals surface area contributed by atoms with E-state index in [1.807, 2.05) is 47.6 Å². The van der Waals surface area contributed by atoms with Crippen molar-refractivity contribution in [3.05, 3.63) is 30.5 Å². The van der Waals surface area contributed by atoms with Gasteiger partial charge in [-0.2, -0.15) is 0 Å². The summed E-state index contributed by atoms with van der Waals surface area (Å²) in [7, 11) is -3.92. The van der Waals surface area contributed by atoms with Gasteiger partial charge in [-0.15, -0.1) is 0 Å². The first kappa shape index (κ1) is 25.2. The van der Waals surface area contributed by atoms with Crippen LogP contribution in [0.25, 0.3) is 10.9 Å². The molecule has 1 aliphatic rings. The largest absolute Gasteiger partial charge is 0.372 e. The molecule has 2 amide bonds. The van der Waals surface area contributed by atoms with Gasteiger partial charge in [0.15, 0.2) is 9.84 Å². The fourth-order valence-electron chi connectivity index (χ4n) is 4.70. The number of rotatable bonds is 7. The fourth-order valence-corrected chi connectivity index (χ4v) is 6.16. The minimum atomic E-state index is -3.92. The van der Waals surface area contributed by atoms with Crippen molar-refractivity contribution < 1.29 is 22.7 Å². The quantitative estimate of drug-likeness (QED) is 0.612. The molecule has 0 spiro atoms. The average Bonchev–Trinajstić information content (AvgIpc) is 3.06. The van der Waals surface area contributed by atoms with E-state index in [4.69, 9.17) is 4.74 Å². The molecule has 182 valence electrons. The molecular weight excluding hydrogens is 442 g/mol.